The standard InChI is InChI=1S/C4H10N2/c1-2-6-4-3-5-1/h5-6H,1-4H2/i1D,2D. The highest BCUT2D eigenvalue weighted by atomic mass is 15.0. The molecule has 2 nitrogen and oxygen atoms in total. The molecule has 1 fully saturated rings. The largest absolute Gasteiger partial charge is 0.314 e. The lowest BCUT2D eigenvalue weighted by atomic mass is 10.4. The molecule has 2 heteroatoms. The van der Waals surface area contributed by atoms with Gasteiger partial charge in [0, 0.05) is 28.9 Å². The van der Waals surface area contributed by atoms with Crippen molar-refractivity contribution < 1.29 is 2.74 Å². The van der Waals surface area contributed by atoms with Gasteiger partial charge in [-0.2, -0.15) is 0 Å². The van der Waals surface area contributed by atoms with Gasteiger partial charge in [0.1, 0.15) is 0 Å². The number of hydrogen-bond acceptors (Lipinski definition) is 2. The summed E-state index contributed by atoms with van der Waals surface area (Å²) in [5.74, 6) is 0. The van der Waals surface area contributed by atoms with Crippen LogP contribution in [0.5, 0.6) is 0 Å². The van der Waals surface area contributed by atoms with E-state index in [1.807, 2.05) is 0 Å². The summed E-state index contributed by atoms with van der Waals surface area (Å²) in [4.78, 5) is 0. The Hall–Kier alpha value is -0.0800. The first-order valence-corrected chi connectivity index (χ1v) is 2.12. The average molecular weight is 88.2 g/mol. The second kappa shape index (κ2) is 2.16. The molecule has 0 aromatic carbocycles. The first kappa shape index (κ1) is 2.28. The van der Waals surface area contributed by atoms with E-state index in [-0.39, 0.29) is 0 Å². The van der Waals surface area contributed by atoms with Gasteiger partial charge in [-0.3, -0.25) is 0 Å². The van der Waals surface area contributed by atoms with Crippen molar-refractivity contribution in [3.63, 3.8) is 0 Å². The summed E-state index contributed by atoms with van der Waals surface area (Å²) in [6.45, 7) is 0.736. The molecule has 0 amide bonds. The first-order valence-electron chi connectivity index (χ1n) is 3.27. The van der Waals surface area contributed by atoms with E-state index in [1.54, 1.807) is 0 Å². The molecule has 1 aliphatic rings. The fourth-order valence-electron chi connectivity index (χ4n) is 0.429. The molecule has 0 bridgehead atoms. The normalized spacial score (nSPS) is 53.3. The summed E-state index contributed by atoms with van der Waals surface area (Å²) in [5, 5.41) is 5.70. The van der Waals surface area contributed by atoms with Crippen molar-refractivity contribution in [3.8, 4) is 0 Å². The Labute approximate surface area is 40.7 Å². The Morgan fingerprint density at radius 1 is 1.17 bits per heavy atom. The van der Waals surface area contributed by atoms with Gasteiger partial charge in [-0.15, -0.1) is 0 Å². The van der Waals surface area contributed by atoms with Gasteiger partial charge in [0.2, 0.25) is 0 Å². The maximum absolute atomic E-state index is 7.12. The van der Waals surface area contributed by atoms with Crippen molar-refractivity contribution >= 4 is 0 Å². The lowest BCUT2D eigenvalue weighted by molar-refractivity contribution is 0.534. The van der Waals surface area contributed by atoms with Gasteiger partial charge >= 0.3 is 0 Å². The highest BCUT2D eigenvalue weighted by Crippen LogP contribution is 1.65. The van der Waals surface area contributed by atoms with Gasteiger partial charge in [-0.05, 0) is 0 Å². The van der Waals surface area contributed by atoms with Crippen molar-refractivity contribution in [1.29, 1.82) is 0 Å². The highest BCUT2D eigenvalue weighted by molar-refractivity contribution is 4.59. The Kier molecular flexibility index (Phi) is 0.821. The van der Waals surface area contributed by atoms with Crippen LogP contribution in [0.1, 0.15) is 2.74 Å². The second-order valence-electron chi connectivity index (χ2n) is 1.24. The van der Waals surface area contributed by atoms with Gasteiger partial charge < -0.3 is 10.6 Å². The van der Waals surface area contributed by atoms with Crippen LogP contribution in [0.15, 0.2) is 0 Å². The van der Waals surface area contributed by atoms with Crippen molar-refractivity contribution in [2.24, 2.45) is 0 Å². The summed E-state index contributed by atoms with van der Waals surface area (Å²) in [6.07, 6.45) is 0. The van der Waals surface area contributed by atoms with E-state index in [1.165, 1.54) is 0 Å². The van der Waals surface area contributed by atoms with E-state index in [9.17, 15) is 0 Å². The van der Waals surface area contributed by atoms with Gasteiger partial charge in [0.15, 0.2) is 0 Å². The van der Waals surface area contributed by atoms with Crippen LogP contribution in [0.25, 0.3) is 0 Å². The van der Waals surface area contributed by atoms with E-state index >= 15 is 0 Å². The third kappa shape index (κ3) is 0.954. The first-order chi connectivity index (χ1) is 3.80. The fraction of sp³-hybridized carbons (Fsp3) is 1.00. The van der Waals surface area contributed by atoms with Crippen LogP contribution in [0.4, 0.5) is 0 Å². The van der Waals surface area contributed by atoms with Crippen LogP contribution in [-0.2, 0) is 0 Å². The van der Waals surface area contributed by atoms with Crippen molar-refractivity contribution in [2.45, 2.75) is 0 Å². The minimum Gasteiger partial charge on any atom is -0.314 e. The summed E-state index contributed by atoms with van der Waals surface area (Å²) >= 11 is 0. The fourth-order valence-corrected chi connectivity index (χ4v) is 0.429. The summed E-state index contributed by atoms with van der Waals surface area (Å²) < 4.78 is 14.2. The van der Waals surface area contributed by atoms with Crippen LogP contribution >= 0.6 is 0 Å². The molecule has 6 heavy (non-hydrogen) atoms. The minimum absolute atomic E-state index is 0.441. The minimum atomic E-state index is -0.441. The zero-order valence-corrected chi connectivity index (χ0v) is 3.57. The topological polar surface area (TPSA) is 24.1 Å². The molecule has 1 rings (SSSR count). The lowest BCUT2D eigenvalue weighted by Gasteiger charge is -2.11. The molecule has 1 saturated heterocycles. The molecule has 0 saturated carbocycles. The van der Waals surface area contributed by atoms with Gasteiger partial charge in [-0.25, -0.2) is 0 Å². The van der Waals surface area contributed by atoms with Gasteiger partial charge in [-0.1, -0.05) is 0 Å². The lowest BCUT2D eigenvalue weighted by Crippen LogP contribution is -2.39. The van der Waals surface area contributed by atoms with Gasteiger partial charge in [0.05, 0.1) is 0 Å². The monoisotopic (exact) mass is 88.1 g/mol. The molecule has 1 heterocycles. The molecule has 2 atom stereocenters. The maximum Gasteiger partial charge on any atom is 0.0441 e. The molecular weight excluding hydrogens is 76.1 g/mol. The summed E-state index contributed by atoms with van der Waals surface area (Å²) in [5.41, 5.74) is 0. The zero-order chi connectivity index (χ0) is 5.98. The predicted octanol–water partition coefficient (Wildman–Crippen LogP) is -0.821. The third-order valence-electron chi connectivity index (χ3n) is 0.733. The number of piperazine rings is 1. The Balaban J connectivity index is 2.28. The van der Waals surface area contributed by atoms with E-state index in [0.717, 1.165) is 13.1 Å². The van der Waals surface area contributed by atoms with Crippen LogP contribution in [0, 0.1) is 0 Å². The second-order valence-corrected chi connectivity index (χ2v) is 1.24. The molecule has 0 radical (unpaired) electrons. The quantitative estimate of drug-likeness (QED) is 0.404. The zero-order valence-electron chi connectivity index (χ0n) is 5.57. The highest BCUT2D eigenvalue weighted by Gasteiger charge is 1.91. The molecule has 0 aromatic heterocycles. The average Bonchev–Trinajstić information content (AvgIpc) is 1.77. The van der Waals surface area contributed by atoms with E-state index in [4.69, 9.17) is 2.74 Å². The van der Waals surface area contributed by atoms with Crippen LogP contribution in [0.3, 0.4) is 0 Å². The molecule has 2 unspecified atom stereocenters. The Morgan fingerprint density at radius 3 is 2.00 bits per heavy atom. The number of nitrogens with one attached hydrogen (secondary N) is 2. The number of hydrogen-bond donors (Lipinski definition) is 2. The van der Waals surface area contributed by atoms with E-state index in [2.05, 4.69) is 10.6 Å². The smallest absolute Gasteiger partial charge is 0.0441 e. The SMILES string of the molecule is [2H]C1NCCNC1[2H]. The van der Waals surface area contributed by atoms with Crippen LogP contribution in [0.2, 0.25) is 0 Å². The molecule has 36 valence electrons. The van der Waals surface area contributed by atoms with Crippen molar-refractivity contribution in [2.75, 3.05) is 26.1 Å². The molecule has 0 aromatic rings. The number of rotatable bonds is 0. The van der Waals surface area contributed by atoms with Crippen LogP contribution in [-0.4, -0.2) is 26.1 Å². The Morgan fingerprint density at radius 2 is 1.67 bits per heavy atom. The third-order valence-corrected chi connectivity index (χ3v) is 0.733. The Bertz CT molecular complexity index is 68.4. The van der Waals surface area contributed by atoms with Crippen LogP contribution < -0.4 is 10.6 Å². The van der Waals surface area contributed by atoms with Crippen molar-refractivity contribution in [1.82, 2.24) is 10.6 Å². The predicted molar refractivity (Wildman–Crippen MR) is 25.7 cm³/mol. The van der Waals surface area contributed by atoms with E-state index < -0.39 is 13.0 Å². The summed E-state index contributed by atoms with van der Waals surface area (Å²) in [6, 6.07) is 0. The maximum atomic E-state index is 7.12. The molecule has 0 aliphatic carbocycles. The van der Waals surface area contributed by atoms with Gasteiger partial charge in [0.25, 0.3) is 0 Å². The molecule has 1 aliphatic heterocycles. The van der Waals surface area contributed by atoms with Crippen molar-refractivity contribution in [3.05, 3.63) is 0 Å². The molecule has 0 spiro atoms. The summed E-state index contributed by atoms with van der Waals surface area (Å²) in [7, 11) is 0. The van der Waals surface area contributed by atoms with E-state index in [0.29, 0.717) is 0 Å². The molecular formula is C4H10N2. The molecule has 2 N–H and O–H groups in total.